The van der Waals surface area contributed by atoms with Gasteiger partial charge in [-0.15, -0.1) is 0 Å². The molecule has 0 aliphatic carbocycles. The van der Waals surface area contributed by atoms with Gasteiger partial charge in [0.15, 0.2) is 4.77 Å². The summed E-state index contributed by atoms with van der Waals surface area (Å²) in [5.41, 5.74) is 2.60. The number of methoxy groups -OCH3 is 1. The Kier molecular flexibility index (Phi) is 3.58. The highest BCUT2D eigenvalue weighted by Crippen LogP contribution is 2.29. The van der Waals surface area contributed by atoms with Crippen LogP contribution in [0.4, 0.5) is 4.39 Å². The third-order valence-electron chi connectivity index (χ3n) is 3.23. The van der Waals surface area contributed by atoms with Crippen molar-refractivity contribution in [1.82, 2.24) is 9.55 Å². The van der Waals surface area contributed by atoms with Gasteiger partial charge in [0.2, 0.25) is 0 Å². The first kappa shape index (κ1) is 13.6. The summed E-state index contributed by atoms with van der Waals surface area (Å²) in [6.45, 7) is 0. The van der Waals surface area contributed by atoms with E-state index in [1.54, 1.807) is 6.07 Å². The van der Waals surface area contributed by atoms with Crippen molar-refractivity contribution in [1.29, 1.82) is 0 Å². The average molecular weight is 300 g/mol. The Bertz CT molecular complexity index is 824. The third kappa shape index (κ3) is 2.48. The van der Waals surface area contributed by atoms with Crippen molar-refractivity contribution in [2.45, 2.75) is 0 Å². The van der Waals surface area contributed by atoms with Crippen LogP contribution in [0.1, 0.15) is 0 Å². The summed E-state index contributed by atoms with van der Waals surface area (Å²) in [6.07, 6.45) is 1.83. The number of aromatic amines is 1. The Morgan fingerprint density at radius 1 is 1.14 bits per heavy atom. The zero-order valence-electron chi connectivity index (χ0n) is 11.3. The number of aromatic nitrogens is 2. The first-order valence-corrected chi connectivity index (χ1v) is 6.81. The van der Waals surface area contributed by atoms with Gasteiger partial charge in [-0.05, 0) is 24.4 Å². The molecule has 2 aromatic carbocycles. The van der Waals surface area contributed by atoms with E-state index in [1.807, 2.05) is 41.1 Å². The highest BCUT2D eigenvalue weighted by Gasteiger charge is 2.13. The predicted octanol–water partition coefficient (Wildman–Crippen LogP) is 4.35. The largest absolute Gasteiger partial charge is 0.494 e. The molecule has 0 aliphatic rings. The Balaban J connectivity index is 2.25. The number of ether oxygens (including phenoxy) is 1. The summed E-state index contributed by atoms with van der Waals surface area (Å²) in [4.78, 5) is 3.03. The molecule has 1 heterocycles. The topological polar surface area (TPSA) is 29.9 Å². The fraction of sp³-hybridized carbons (Fsp3) is 0.0625. The maximum atomic E-state index is 13.4. The second-order valence-corrected chi connectivity index (χ2v) is 4.88. The quantitative estimate of drug-likeness (QED) is 0.729. The van der Waals surface area contributed by atoms with E-state index in [-0.39, 0.29) is 5.82 Å². The lowest BCUT2D eigenvalue weighted by Gasteiger charge is -2.12. The molecule has 3 aromatic rings. The number of nitrogens with one attached hydrogen (secondary N) is 1. The molecule has 0 saturated carbocycles. The first-order valence-electron chi connectivity index (χ1n) is 6.40. The average Bonchev–Trinajstić information content (AvgIpc) is 2.89. The number of hydrogen-bond acceptors (Lipinski definition) is 2. The van der Waals surface area contributed by atoms with Crippen LogP contribution < -0.4 is 4.74 Å². The maximum absolute atomic E-state index is 13.4. The van der Waals surface area contributed by atoms with Gasteiger partial charge in [-0.3, -0.25) is 4.57 Å². The number of nitrogens with zero attached hydrogens (tertiary/aromatic N) is 1. The lowest BCUT2D eigenvalue weighted by molar-refractivity contribution is 0.409. The van der Waals surface area contributed by atoms with Crippen molar-refractivity contribution in [3.8, 4) is 22.7 Å². The van der Waals surface area contributed by atoms with Gasteiger partial charge in [-0.25, -0.2) is 4.39 Å². The van der Waals surface area contributed by atoms with Crippen LogP contribution in [0.2, 0.25) is 0 Å². The summed E-state index contributed by atoms with van der Waals surface area (Å²) >= 11 is 5.35. The molecule has 0 unspecified atom stereocenters. The van der Waals surface area contributed by atoms with E-state index in [0.29, 0.717) is 16.2 Å². The van der Waals surface area contributed by atoms with Gasteiger partial charge in [-0.1, -0.05) is 30.3 Å². The Labute approximate surface area is 126 Å². The molecule has 0 saturated heterocycles. The molecule has 1 N–H and O–H groups in total. The molecule has 3 rings (SSSR count). The van der Waals surface area contributed by atoms with Gasteiger partial charge in [0.25, 0.3) is 0 Å². The standard InChI is InChI=1S/C16H13FN2OS/c1-20-15-9-12(17)7-8-13(15)19-14(10-18-16(19)21)11-5-3-2-4-6-11/h2-10H,1H3,(H,18,21). The zero-order chi connectivity index (χ0) is 14.8. The number of benzene rings is 2. The summed E-state index contributed by atoms with van der Waals surface area (Å²) in [6, 6.07) is 14.2. The van der Waals surface area contributed by atoms with Crippen molar-refractivity contribution in [3.63, 3.8) is 0 Å². The minimum Gasteiger partial charge on any atom is -0.494 e. The van der Waals surface area contributed by atoms with Crippen molar-refractivity contribution < 1.29 is 9.13 Å². The summed E-state index contributed by atoms with van der Waals surface area (Å²) < 4.78 is 21.0. The van der Waals surface area contributed by atoms with E-state index < -0.39 is 0 Å². The second kappa shape index (κ2) is 5.54. The summed E-state index contributed by atoms with van der Waals surface area (Å²) in [5, 5.41) is 0. The number of rotatable bonds is 3. The fourth-order valence-electron chi connectivity index (χ4n) is 2.27. The van der Waals surface area contributed by atoms with E-state index in [4.69, 9.17) is 17.0 Å². The predicted molar refractivity (Wildman–Crippen MR) is 82.9 cm³/mol. The molecule has 0 bridgehead atoms. The molecule has 0 fully saturated rings. The van der Waals surface area contributed by atoms with Crippen molar-refractivity contribution >= 4 is 12.2 Å². The molecule has 5 heteroatoms. The molecule has 106 valence electrons. The fourth-order valence-corrected chi connectivity index (χ4v) is 2.52. The van der Waals surface area contributed by atoms with Gasteiger partial charge in [0, 0.05) is 17.8 Å². The number of imidazole rings is 1. The van der Waals surface area contributed by atoms with Crippen molar-refractivity contribution in [2.75, 3.05) is 7.11 Å². The van der Waals surface area contributed by atoms with E-state index >= 15 is 0 Å². The molecule has 21 heavy (non-hydrogen) atoms. The van der Waals surface area contributed by atoms with E-state index in [9.17, 15) is 4.39 Å². The third-order valence-corrected chi connectivity index (χ3v) is 3.53. The SMILES string of the molecule is COc1cc(F)ccc1-n1c(-c2ccccc2)c[nH]c1=S. The van der Waals surface area contributed by atoms with Crippen LogP contribution in [0.3, 0.4) is 0 Å². The van der Waals surface area contributed by atoms with Gasteiger partial charge in [0.05, 0.1) is 18.5 Å². The van der Waals surface area contributed by atoms with E-state index in [1.165, 1.54) is 19.2 Å². The van der Waals surface area contributed by atoms with Gasteiger partial charge in [0.1, 0.15) is 11.6 Å². The van der Waals surface area contributed by atoms with E-state index in [0.717, 1.165) is 11.3 Å². The van der Waals surface area contributed by atoms with Crippen LogP contribution in [0.5, 0.6) is 5.75 Å². The van der Waals surface area contributed by atoms with Crippen LogP contribution in [0, 0.1) is 10.6 Å². The molecule has 0 atom stereocenters. The molecule has 0 spiro atoms. The normalized spacial score (nSPS) is 10.6. The Morgan fingerprint density at radius 2 is 1.90 bits per heavy atom. The van der Waals surface area contributed by atoms with Gasteiger partial charge in [-0.2, -0.15) is 0 Å². The van der Waals surface area contributed by atoms with Crippen LogP contribution in [0.15, 0.2) is 54.7 Å². The zero-order valence-corrected chi connectivity index (χ0v) is 12.2. The molecular formula is C16H13FN2OS. The first-order chi connectivity index (χ1) is 10.2. The Morgan fingerprint density at radius 3 is 2.62 bits per heavy atom. The van der Waals surface area contributed by atoms with Gasteiger partial charge < -0.3 is 9.72 Å². The van der Waals surface area contributed by atoms with Crippen LogP contribution in [-0.4, -0.2) is 16.7 Å². The lowest BCUT2D eigenvalue weighted by atomic mass is 10.1. The summed E-state index contributed by atoms with van der Waals surface area (Å²) in [7, 11) is 1.51. The number of hydrogen-bond donors (Lipinski definition) is 1. The molecule has 1 aromatic heterocycles. The molecule has 0 amide bonds. The minimum atomic E-state index is -0.348. The summed E-state index contributed by atoms with van der Waals surface area (Å²) in [5.74, 6) is 0.0850. The smallest absolute Gasteiger partial charge is 0.182 e. The van der Waals surface area contributed by atoms with Gasteiger partial charge >= 0.3 is 0 Å². The molecule has 0 radical (unpaired) electrons. The highest BCUT2D eigenvalue weighted by molar-refractivity contribution is 7.71. The van der Waals surface area contributed by atoms with Crippen molar-refractivity contribution in [2.24, 2.45) is 0 Å². The lowest BCUT2D eigenvalue weighted by Crippen LogP contribution is -2.00. The van der Waals surface area contributed by atoms with Crippen LogP contribution in [-0.2, 0) is 0 Å². The number of H-pyrrole nitrogens is 1. The van der Waals surface area contributed by atoms with Crippen LogP contribution >= 0.6 is 12.2 Å². The minimum absolute atomic E-state index is 0.348. The molecule has 0 aliphatic heterocycles. The highest BCUT2D eigenvalue weighted by atomic mass is 32.1. The number of halogens is 1. The molecular weight excluding hydrogens is 287 g/mol. The van der Waals surface area contributed by atoms with Crippen molar-refractivity contribution in [3.05, 3.63) is 65.3 Å². The Hall–Kier alpha value is -2.40. The monoisotopic (exact) mass is 300 g/mol. The maximum Gasteiger partial charge on any atom is 0.182 e. The molecule has 3 nitrogen and oxygen atoms in total. The van der Waals surface area contributed by atoms with E-state index in [2.05, 4.69) is 4.98 Å². The van der Waals surface area contributed by atoms with Crippen LogP contribution in [0.25, 0.3) is 16.9 Å². The second-order valence-electron chi connectivity index (χ2n) is 4.50.